The quantitative estimate of drug-likeness (QED) is 0.175. The van der Waals surface area contributed by atoms with Crippen molar-refractivity contribution in [3.8, 4) is 22.8 Å². The number of nitrogens with two attached hydrogens (primary N) is 1. The van der Waals surface area contributed by atoms with Gasteiger partial charge in [-0.1, -0.05) is 0 Å². The number of amides is 1. The van der Waals surface area contributed by atoms with Gasteiger partial charge >= 0.3 is 17.3 Å². The molecule has 2 atom stereocenters. The molecule has 0 spiro atoms. The number of nitrogens with zero attached hydrogens (tertiary/aromatic N) is 18. The van der Waals surface area contributed by atoms with Crippen LogP contribution < -0.4 is 43.3 Å². The summed E-state index contributed by atoms with van der Waals surface area (Å²) in [7, 11) is 2.28. The van der Waals surface area contributed by atoms with E-state index in [-0.39, 0.29) is 34.7 Å². The number of aryl methyl sites for hydroxylation is 2. The average molecular weight is 977 g/mol. The highest BCUT2D eigenvalue weighted by Crippen LogP contribution is 2.24. The fourth-order valence-corrected chi connectivity index (χ4v) is 7.91. The van der Waals surface area contributed by atoms with E-state index in [1.165, 1.54) is 29.7 Å². The van der Waals surface area contributed by atoms with Crippen LogP contribution in [0.1, 0.15) is 47.8 Å². The van der Waals surface area contributed by atoms with E-state index in [2.05, 4.69) is 78.8 Å². The third-order valence-electron chi connectivity index (χ3n) is 11.7. The Morgan fingerprint density at radius 3 is 1.58 bits per heavy atom. The number of imidazole rings is 2. The predicted molar refractivity (Wildman–Crippen MR) is 259 cm³/mol. The Kier molecular flexibility index (Phi) is 11.7. The molecule has 27 nitrogen and oxygen atoms in total. The molecule has 2 aliphatic heterocycles. The molecule has 0 aromatic carbocycles. The summed E-state index contributed by atoms with van der Waals surface area (Å²) in [5.74, 6) is 1.16. The van der Waals surface area contributed by atoms with Crippen molar-refractivity contribution in [2.75, 3.05) is 33.9 Å². The maximum atomic E-state index is 12.8. The van der Waals surface area contributed by atoms with Gasteiger partial charge in [0.25, 0.3) is 11.1 Å². The standard InChI is InChI=1S/C22H24N10O3.C13H16N6.C9H10N4O4/c1-13-5-4-8-32(13)21-24-9-14(10-25-21)18-23-7-6-15(28-18)27-16(33)11-31-12-26-19-17(31)20(34)30(3)22(35)29(19)2;1-9-3-2-6-19(9)13-16-7-10(8-17-13)12-15-5-4-11(14)18-12;1-11-7-6(8(16)12(2)9(11)17)13(4-10-7)3-5(14)15/h6-7,9-10,12-13H,4-5,8,11H2,1-3H3,(H,23,27,28,33);4-5,7-9H,2-3,6H2,1H3,(H2,14,15,18);4H,3H2,1-2H3,(H,14,15)/t13-;9-;/m00./s1/i2D3;;1D3. The van der Waals surface area contributed by atoms with E-state index in [1.54, 1.807) is 37.1 Å². The second-order valence-electron chi connectivity index (χ2n) is 16.5. The van der Waals surface area contributed by atoms with E-state index in [9.17, 15) is 28.8 Å². The fraction of sp³-hybridized carbons (Fsp3) is 0.364. The first kappa shape index (κ1) is 41.0. The van der Waals surface area contributed by atoms with Gasteiger partial charge < -0.3 is 35.1 Å². The van der Waals surface area contributed by atoms with Gasteiger partial charge in [0, 0.05) is 98.6 Å². The zero-order valence-electron chi connectivity index (χ0n) is 44.6. The monoisotopic (exact) mass is 976 g/mol. The van der Waals surface area contributed by atoms with Gasteiger partial charge in [0.2, 0.25) is 17.8 Å². The summed E-state index contributed by atoms with van der Waals surface area (Å²) in [5.41, 5.74) is 2.23. The van der Waals surface area contributed by atoms with Crippen LogP contribution in [0, 0.1) is 0 Å². The molecule has 4 N–H and O–H groups in total. The minimum absolute atomic E-state index is 0.189. The first-order valence-electron chi connectivity index (χ1n) is 24.9. The van der Waals surface area contributed by atoms with E-state index >= 15 is 0 Å². The molecule has 368 valence electrons. The van der Waals surface area contributed by atoms with Gasteiger partial charge in [0.15, 0.2) is 34.0 Å². The number of hydrogen-bond acceptors (Lipinski definition) is 19. The highest BCUT2D eigenvalue weighted by Gasteiger charge is 2.24. The smallest absolute Gasteiger partial charge is 0.332 e. The first-order valence-corrected chi connectivity index (χ1v) is 21.9. The largest absolute Gasteiger partial charge is 0.480 e. The Bertz CT molecular complexity index is 3760. The van der Waals surface area contributed by atoms with Gasteiger partial charge in [-0.15, -0.1) is 0 Å². The summed E-state index contributed by atoms with van der Waals surface area (Å²) in [6.07, 6.45) is 16.6. The molecule has 2 saturated heterocycles. The van der Waals surface area contributed by atoms with E-state index in [0.29, 0.717) is 59.3 Å². The third-order valence-corrected chi connectivity index (χ3v) is 11.7. The van der Waals surface area contributed by atoms with Crippen molar-refractivity contribution in [1.29, 1.82) is 0 Å². The van der Waals surface area contributed by atoms with Crippen LogP contribution >= 0.6 is 0 Å². The van der Waals surface area contributed by atoms with E-state index in [1.807, 2.05) is 0 Å². The molecule has 0 radical (unpaired) electrons. The fourth-order valence-electron chi connectivity index (χ4n) is 7.91. The molecular formula is C44H50N20O7. The average Bonchev–Trinajstić information content (AvgIpc) is 4.26. The third kappa shape index (κ3) is 10.1. The molecular weight excluding hydrogens is 921 g/mol. The zero-order valence-corrected chi connectivity index (χ0v) is 38.6. The Morgan fingerprint density at radius 1 is 0.676 bits per heavy atom. The van der Waals surface area contributed by atoms with Crippen LogP contribution in [0.4, 0.5) is 23.5 Å². The molecule has 2 aliphatic rings. The van der Waals surface area contributed by atoms with Crippen LogP contribution in [0.3, 0.4) is 0 Å². The van der Waals surface area contributed by atoms with Gasteiger partial charge in [-0.25, -0.2) is 59.4 Å². The lowest BCUT2D eigenvalue weighted by atomic mass is 10.2. The maximum Gasteiger partial charge on any atom is 0.332 e. The molecule has 0 unspecified atom stereocenters. The minimum Gasteiger partial charge on any atom is -0.480 e. The number of aliphatic carboxylic acids is 1. The van der Waals surface area contributed by atoms with Crippen LogP contribution in [-0.4, -0.2) is 119 Å². The molecule has 8 aromatic rings. The number of aromatic nitrogens is 16. The number of anilines is 4. The first-order chi connectivity index (χ1) is 36.4. The van der Waals surface area contributed by atoms with Crippen molar-refractivity contribution in [1.82, 2.24) is 77.2 Å². The lowest BCUT2D eigenvalue weighted by Crippen LogP contribution is -2.37. The summed E-state index contributed by atoms with van der Waals surface area (Å²) < 4.78 is 49.2. The van der Waals surface area contributed by atoms with Crippen molar-refractivity contribution >= 4 is 57.7 Å². The normalized spacial score (nSPS) is 17.0. The Labute approximate surface area is 410 Å². The number of hydrogen-bond donors (Lipinski definition) is 3. The zero-order chi connectivity index (χ0) is 55.7. The lowest BCUT2D eigenvalue weighted by molar-refractivity contribution is -0.137. The molecule has 0 saturated carbocycles. The van der Waals surface area contributed by atoms with Gasteiger partial charge in [0.1, 0.15) is 24.7 Å². The number of nitrogens with one attached hydrogen (secondary N) is 1. The summed E-state index contributed by atoms with van der Waals surface area (Å²) >= 11 is 0. The van der Waals surface area contributed by atoms with Gasteiger partial charge in [-0.2, -0.15) is 0 Å². The van der Waals surface area contributed by atoms with Crippen LogP contribution in [0.2, 0.25) is 0 Å². The van der Waals surface area contributed by atoms with Crippen molar-refractivity contribution in [2.24, 2.45) is 28.0 Å². The second-order valence-corrected chi connectivity index (χ2v) is 16.5. The Morgan fingerprint density at radius 2 is 1.14 bits per heavy atom. The topological polar surface area (TPSA) is 326 Å². The number of nitrogen functional groups attached to an aromatic ring is 1. The van der Waals surface area contributed by atoms with Crippen LogP contribution in [0.25, 0.3) is 45.1 Å². The van der Waals surface area contributed by atoms with Crippen molar-refractivity contribution in [3.05, 3.63) is 104 Å². The molecule has 2 fully saturated rings. The number of carbonyl (C=O) groups is 2. The summed E-state index contributed by atoms with van der Waals surface area (Å²) in [6.45, 7) is -0.375. The Balaban J connectivity index is 0.000000169. The van der Waals surface area contributed by atoms with Crippen LogP contribution in [0.5, 0.6) is 0 Å². The predicted octanol–water partition coefficient (Wildman–Crippen LogP) is 0.331. The lowest BCUT2D eigenvalue weighted by Gasteiger charge is -2.20. The van der Waals surface area contributed by atoms with Gasteiger partial charge in [-0.3, -0.25) is 37.4 Å². The van der Waals surface area contributed by atoms with Crippen LogP contribution in [-0.2, 0) is 50.7 Å². The maximum absolute atomic E-state index is 12.8. The molecule has 27 heteroatoms. The minimum atomic E-state index is -2.87. The molecule has 0 bridgehead atoms. The van der Waals surface area contributed by atoms with Crippen molar-refractivity contribution in [2.45, 2.75) is 64.7 Å². The SMILES string of the molecule is C[C@H]1CCCN1c1ncc(-c2nccc(N)n2)cn1.[2H]C([2H])([2H])n1c(=O)n(C)c(=O)c2c1ncn2CC(=O)Nc1ccnc(-c2cnc(N3CCC[C@@H]3C)nc2)n1.[2H]C([2H])([2H])n1c(=O)n(C)c(=O)c2c1ncn2CC(=O)O. The number of carboxylic acids is 1. The number of carbonyl (C=O) groups excluding carboxylic acids is 1. The highest BCUT2D eigenvalue weighted by atomic mass is 16.4. The number of rotatable bonds is 9. The highest BCUT2D eigenvalue weighted by molar-refractivity contribution is 5.90. The van der Waals surface area contributed by atoms with Gasteiger partial charge in [0.05, 0.1) is 23.8 Å². The summed E-state index contributed by atoms with van der Waals surface area (Å²) in [4.78, 5) is 119. The van der Waals surface area contributed by atoms with Gasteiger partial charge in [-0.05, 0) is 51.7 Å². The van der Waals surface area contributed by atoms with Crippen molar-refractivity contribution in [3.63, 3.8) is 0 Å². The molecule has 10 rings (SSSR count). The van der Waals surface area contributed by atoms with Crippen LogP contribution in [0.15, 0.2) is 81.1 Å². The van der Waals surface area contributed by atoms with E-state index in [0.717, 1.165) is 68.8 Å². The number of fused-ring (bicyclic) bond motifs is 2. The summed E-state index contributed by atoms with van der Waals surface area (Å²) in [5, 5.41) is 11.4. The molecule has 10 heterocycles. The second kappa shape index (κ2) is 20.3. The number of carboxylic acid groups (broad SMARTS) is 1. The summed E-state index contributed by atoms with van der Waals surface area (Å²) in [6, 6.07) is 4.05. The molecule has 0 aliphatic carbocycles. The van der Waals surface area contributed by atoms with E-state index in [4.69, 9.17) is 19.1 Å². The van der Waals surface area contributed by atoms with E-state index < -0.39 is 54.9 Å². The molecule has 71 heavy (non-hydrogen) atoms. The van der Waals surface area contributed by atoms with Crippen molar-refractivity contribution < 1.29 is 22.9 Å². The molecule has 1 amide bonds. The molecule has 8 aromatic heterocycles. The Hall–Kier alpha value is -9.04.